The Morgan fingerprint density at radius 2 is 1.83 bits per heavy atom. The molecule has 1 N–H and O–H groups in total. The quantitative estimate of drug-likeness (QED) is 0.617. The van der Waals surface area contributed by atoms with Crippen molar-refractivity contribution in [3.63, 3.8) is 0 Å². The maximum Gasteiger partial charge on any atom is 0.228 e. The minimum absolute atomic E-state index is 0.591. The van der Waals surface area contributed by atoms with Crippen LogP contribution in [0, 0.1) is 0 Å². The van der Waals surface area contributed by atoms with E-state index >= 15 is 0 Å². The fourth-order valence-electron chi connectivity index (χ4n) is 3.22. The molecule has 150 valence electrons. The number of benzene rings is 2. The Morgan fingerprint density at radius 1 is 1.00 bits per heavy atom. The Morgan fingerprint density at radius 3 is 2.66 bits per heavy atom. The smallest absolute Gasteiger partial charge is 0.228 e. The minimum atomic E-state index is 0.591. The van der Waals surface area contributed by atoms with E-state index in [2.05, 4.69) is 50.3 Å². The zero-order chi connectivity index (χ0) is 20.1. The van der Waals surface area contributed by atoms with E-state index in [9.17, 15) is 0 Å². The van der Waals surface area contributed by atoms with Crippen LogP contribution in [0.2, 0.25) is 0 Å². The monoisotopic (exact) mass is 407 g/mol. The van der Waals surface area contributed by atoms with Gasteiger partial charge < -0.3 is 19.9 Å². The van der Waals surface area contributed by atoms with Crippen molar-refractivity contribution in [2.24, 2.45) is 0 Å². The molecule has 1 fully saturated rings. The fourth-order valence-corrected chi connectivity index (χ4v) is 4.04. The molecule has 1 saturated heterocycles. The maximum atomic E-state index is 5.30. The van der Waals surface area contributed by atoms with Crippen molar-refractivity contribution >= 4 is 29.1 Å². The van der Waals surface area contributed by atoms with E-state index in [4.69, 9.17) is 4.74 Å². The van der Waals surface area contributed by atoms with Crippen molar-refractivity contribution in [3.8, 4) is 5.75 Å². The van der Waals surface area contributed by atoms with Gasteiger partial charge in [-0.25, -0.2) is 9.97 Å². The van der Waals surface area contributed by atoms with Crippen molar-refractivity contribution in [1.82, 2.24) is 14.9 Å². The van der Waals surface area contributed by atoms with E-state index in [0.29, 0.717) is 5.95 Å². The van der Waals surface area contributed by atoms with Crippen molar-refractivity contribution < 1.29 is 4.74 Å². The summed E-state index contributed by atoms with van der Waals surface area (Å²) in [6, 6.07) is 18.3. The SMILES string of the molecule is COc1cccc(Sc2ccnc(Nc3cccc(N4CCN(C)CC4)c3)n2)c1. The molecule has 0 unspecified atom stereocenters. The van der Waals surface area contributed by atoms with Gasteiger partial charge in [-0.1, -0.05) is 23.9 Å². The molecule has 3 aromatic rings. The summed E-state index contributed by atoms with van der Waals surface area (Å²) < 4.78 is 5.30. The molecule has 2 aromatic carbocycles. The molecule has 1 aliphatic rings. The van der Waals surface area contributed by atoms with Gasteiger partial charge in [-0.15, -0.1) is 0 Å². The number of methoxy groups -OCH3 is 1. The third-order valence-electron chi connectivity index (χ3n) is 4.86. The van der Waals surface area contributed by atoms with Gasteiger partial charge in [0.1, 0.15) is 10.8 Å². The highest BCUT2D eigenvalue weighted by atomic mass is 32.2. The van der Waals surface area contributed by atoms with E-state index in [1.54, 1.807) is 25.1 Å². The van der Waals surface area contributed by atoms with Crippen LogP contribution < -0.4 is 15.0 Å². The number of aromatic nitrogens is 2. The molecular formula is C22H25N5OS. The molecule has 1 aliphatic heterocycles. The highest BCUT2D eigenvalue weighted by Crippen LogP contribution is 2.29. The van der Waals surface area contributed by atoms with Gasteiger partial charge in [-0.05, 0) is 49.5 Å². The molecule has 0 spiro atoms. The summed E-state index contributed by atoms with van der Waals surface area (Å²) in [6.07, 6.45) is 1.78. The first-order valence-corrected chi connectivity index (χ1v) is 10.5. The van der Waals surface area contributed by atoms with Gasteiger partial charge in [0, 0.05) is 48.6 Å². The number of ether oxygens (including phenoxy) is 1. The summed E-state index contributed by atoms with van der Waals surface area (Å²) in [4.78, 5) is 14.9. The number of piperazine rings is 1. The van der Waals surface area contributed by atoms with Gasteiger partial charge in [-0.3, -0.25) is 0 Å². The largest absolute Gasteiger partial charge is 0.497 e. The Kier molecular flexibility index (Phi) is 6.17. The zero-order valence-electron chi connectivity index (χ0n) is 16.7. The van der Waals surface area contributed by atoms with Gasteiger partial charge in [0.25, 0.3) is 0 Å². The van der Waals surface area contributed by atoms with Crippen molar-refractivity contribution in [2.75, 3.05) is 50.6 Å². The van der Waals surface area contributed by atoms with E-state index in [1.807, 2.05) is 36.4 Å². The molecule has 0 atom stereocenters. The number of likely N-dealkylation sites (N-methyl/N-ethyl adjacent to an activating group) is 1. The molecule has 0 radical (unpaired) electrons. The zero-order valence-corrected chi connectivity index (χ0v) is 17.5. The molecule has 6 nitrogen and oxygen atoms in total. The van der Waals surface area contributed by atoms with Crippen LogP contribution in [0.1, 0.15) is 0 Å². The first kappa shape index (κ1) is 19.5. The predicted molar refractivity (Wildman–Crippen MR) is 119 cm³/mol. The molecule has 0 saturated carbocycles. The highest BCUT2D eigenvalue weighted by molar-refractivity contribution is 7.99. The second-order valence-corrected chi connectivity index (χ2v) is 8.06. The third-order valence-corrected chi connectivity index (χ3v) is 5.79. The lowest BCUT2D eigenvalue weighted by Crippen LogP contribution is -2.44. The van der Waals surface area contributed by atoms with Crippen molar-refractivity contribution in [2.45, 2.75) is 9.92 Å². The lowest BCUT2D eigenvalue weighted by molar-refractivity contribution is 0.313. The minimum Gasteiger partial charge on any atom is -0.497 e. The van der Waals surface area contributed by atoms with Crippen LogP contribution in [0.15, 0.2) is 70.7 Å². The molecule has 0 amide bonds. The van der Waals surface area contributed by atoms with Gasteiger partial charge >= 0.3 is 0 Å². The topological polar surface area (TPSA) is 53.5 Å². The van der Waals surface area contributed by atoms with E-state index in [1.165, 1.54) is 5.69 Å². The van der Waals surface area contributed by atoms with Crippen LogP contribution in [0.5, 0.6) is 5.75 Å². The third kappa shape index (κ3) is 5.19. The van der Waals surface area contributed by atoms with Gasteiger partial charge in [0.2, 0.25) is 5.95 Å². The summed E-state index contributed by atoms with van der Waals surface area (Å²) in [5, 5.41) is 4.22. The number of nitrogens with one attached hydrogen (secondary N) is 1. The normalized spacial score (nSPS) is 14.6. The molecule has 0 aliphatic carbocycles. The molecule has 4 rings (SSSR count). The number of hydrogen-bond donors (Lipinski definition) is 1. The summed E-state index contributed by atoms with van der Waals surface area (Å²) in [5.74, 6) is 1.43. The first-order chi connectivity index (χ1) is 14.2. The Labute approximate surface area is 175 Å². The van der Waals surface area contributed by atoms with Gasteiger partial charge in [0.05, 0.1) is 7.11 Å². The number of hydrogen-bond acceptors (Lipinski definition) is 7. The second kappa shape index (κ2) is 9.15. The van der Waals surface area contributed by atoms with E-state index in [0.717, 1.165) is 47.5 Å². The fraction of sp³-hybridized carbons (Fsp3) is 0.273. The number of rotatable bonds is 6. The summed E-state index contributed by atoms with van der Waals surface area (Å²) in [7, 11) is 3.84. The van der Waals surface area contributed by atoms with Crippen LogP contribution >= 0.6 is 11.8 Å². The van der Waals surface area contributed by atoms with Gasteiger partial charge in [0.15, 0.2) is 0 Å². The van der Waals surface area contributed by atoms with Gasteiger partial charge in [-0.2, -0.15) is 0 Å². The molecule has 1 aromatic heterocycles. The summed E-state index contributed by atoms with van der Waals surface area (Å²) in [5.41, 5.74) is 2.22. The molecule has 2 heterocycles. The Balaban J connectivity index is 1.46. The maximum absolute atomic E-state index is 5.30. The Hall–Kier alpha value is -2.77. The van der Waals surface area contributed by atoms with Crippen LogP contribution in [0.25, 0.3) is 0 Å². The lowest BCUT2D eigenvalue weighted by Gasteiger charge is -2.34. The van der Waals surface area contributed by atoms with Crippen LogP contribution in [0.3, 0.4) is 0 Å². The van der Waals surface area contributed by atoms with Crippen LogP contribution in [0.4, 0.5) is 17.3 Å². The van der Waals surface area contributed by atoms with E-state index in [-0.39, 0.29) is 0 Å². The highest BCUT2D eigenvalue weighted by Gasteiger charge is 2.14. The molecule has 29 heavy (non-hydrogen) atoms. The van der Waals surface area contributed by atoms with Crippen molar-refractivity contribution in [3.05, 3.63) is 60.8 Å². The molecule has 7 heteroatoms. The summed E-state index contributed by atoms with van der Waals surface area (Å²) in [6.45, 7) is 4.26. The lowest BCUT2D eigenvalue weighted by atomic mass is 10.2. The van der Waals surface area contributed by atoms with Crippen LogP contribution in [-0.2, 0) is 0 Å². The Bertz CT molecular complexity index is 959. The van der Waals surface area contributed by atoms with Crippen molar-refractivity contribution in [1.29, 1.82) is 0 Å². The average Bonchev–Trinajstić information content (AvgIpc) is 2.75. The molecule has 0 bridgehead atoms. The second-order valence-electron chi connectivity index (χ2n) is 6.97. The summed E-state index contributed by atoms with van der Waals surface area (Å²) >= 11 is 1.58. The van der Waals surface area contributed by atoms with Crippen LogP contribution in [-0.4, -0.2) is 55.2 Å². The average molecular weight is 408 g/mol. The molecular weight excluding hydrogens is 382 g/mol. The first-order valence-electron chi connectivity index (χ1n) is 9.65. The van der Waals surface area contributed by atoms with E-state index < -0.39 is 0 Å². The standard InChI is InChI=1S/C22H25N5OS/c1-26-11-13-27(14-12-26)18-6-3-5-17(15-18)24-22-23-10-9-21(25-22)29-20-8-4-7-19(16-20)28-2/h3-10,15-16H,11-14H2,1-2H3,(H,23,24,25). The number of anilines is 3. The number of nitrogens with zero attached hydrogens (tertiary/aromatic N) is 4. The predicted octanol–water partition coefficient (Wildman–Crippen LogP) is 4.13.